The van der Waals surface area contributed by atoms with Gasteiger partial charge in [0.2, 0.25) is 0 Å². The quantitative estimate of drug-likeness (QED) is 0.490. The molecule has 3 aliphatic carbocycles. The van der Waals surface area contributed by atoms with Crippen molar-refractivity contribution in [2.45, 2.75) is 91.9 Å². The van der Waals surface area contributed by atoms with Crippen LogP contribution in [0.1, 0.15) is 63.4 Å². The Morgan fingerprint density at radius 1 is 1.18 bits per heavy atom. The lowest BCUT2D eigenvalue weighted by atomic mass is 10.2. The van der Waals surface area contributed by atoms with Crippen LogP contribution in [0.2, 0.25) is 0 Å². The molecule has 0 unspecified atom stereocenters. The van der Waals surface area contributed by atoms with Gasteiger partial charge in [-0.25, -0.2) is 13.2 Å². The van der Waals surface area contributed by atoms with Crippen LogP contribution in [0.15, 0.2) is 27.6 Å². The molecule has 3 saturated carbocycles. The Kier molecular flexibility index (Phi) is 8.20. The first-order valence-corrected chi connectivity index (χ1v) is 13.4. The fourth-order valence-electron chi connectivity index (χ4n) is 4.35. The van der Waals surface area contributed by atoms with E-state index < -0.39 is 43.4 Å². The fraction of sp³-hybridized carbons (Fsp3) is 0.636. The van der Waals surface area contributed by atoms with Crippen molar-refractivity contribution >= 4 is 31.9 Å². The molecule has 0 saturated heterocycles. The molecule has 7 nitrogen and oxygen atoms in total. The minimum absolute atomic E-state index is 0.171. The van der Waals surface area contributed by atoms with Crippen LogP contribution in [0.25, 0.3) is 0 Å². The number of sulfone groups is 1. The summed E-state index contributed by atoms with van der Waals surface area (Å²) in [6.07, 6.45) is 0.859. The van der Waals surface area contributed by atoms with E-state index in [2.05, 4.69) is 21.2 Å². The van der Waals surface area contributed by atoms with E-state index in [-0.39, 0.29) is 23.1 Å². The molecule has 188 valence electrons. The second-order valence-corrected chi connectivity index (χ2v) is 12.0. The van der Waals surface area contributed by atoms with Crippen LogP contribution < -0.4 is 5.32 Å². The van der Waals surface area contributed by atoms with Crippen LogP contribution in [0.4, 0.5) is 18.0 Å². The topological polar surface area (TPSA) is 116 Å². The molecule has 34 heavy (non-hydrogen) atoms. The van der Waals surface area contributed by atoms with Gasteiger partial charge in [-0.05, 0) is 63.1 Å². The van der Waals surface area contributed by atoms with Crippen molar-refractivity contribution < 1.29 is 36.2 Å². The van der Waals surface area contributed by atoms with Gasteiger partial charge in [0.15, 0.2) is 9.84 Å². The number of hydrogen-bond acceptors (Lipinski definition) is 5. The number of benzene rings is 1. The second kappa shape index (κ2) is 10.4. The molecule has 1 aromatic carbocycles. The van der Waals surface area contributed by atoms with Gasteiger partial charge in [0.05, 0.1) is 34.0 Å². The number of carboxylic acid groups (broad SMARTS) is 1. The molecule has 1 amide bonds. The predicted octanol–water partition coefficient (Wildman–Crippen LogP) is 5.43. The summed E-state index contributed by atoms with van der Waals surface area (Å²) in [7, 11) is -4.06. The van der Waals surface area contributed by atoms with Crippen molar-refractivity contribution in [3.8, 4) is 6.07 Å². The highest BCUT2D eigenvalue weighted by atomic mass is 79.9. The van der Waals surface area contributed by atoms with E-state index in [1.807, 2.05) is 6.07 Å². The van der Waals surface area contributed by atoms with Crippen molar-refractivity contribution in [2.75, 3.05) is 0 Å². The minimum Gasteiger partial charge on any atom is -0.465 e. The highest BCUT2D eigenvalue weighted by Gasteiger charge is 2.45. The maximum atomic E-state index is 13.3. The lowest BCUT2D eigenvalue weighted by Gasteiger charge is -2.19. The largest absolute Gasteiger partial charge is 0.465 e. The number of ether oxygens (including phenoxy) is 1. The van der Waals surface area contributed by atoms with Crippen LogP contribution in [-0.4, -0.2) is 42.6 Å². The molecular weight excluding hydrogens is 541 g/mol. The van der Waals surface area contributed by atoms with Crippen molar-refractivity contribution in [2.24, 2.45) is 0 Å². The summed E-state index contributed by atoms with van der Waals surface area (Å²) in [5.41, 5.74) is -1.84. The SMILES string of the molecule is N#CC1(NC(=O)O)CC1.O=S(=O)(c1ccc(Br)cc1C(F)(F)F)[C@H]1CC[C@H](OC2CCCC2)C1. The zero-order chi connectivity index (χ0) is 25.1. The predicted molar refractivity (Wildman–Crippen MR) is 120 cm³/mol. The van der Waals surface area contributed by atoms with Gasteiger partial charge >= 0.3 is 12.3 Å². The maximum Gasteiger partial charge on any atom is 0.417 e. The normalized spacial score (nSPS) is 24.1. The summed E-state index contributed by atoms with van der Waals surface area (Å²) in [5, 5.41) is 17.8. The van der Waals surface area contributed by atoms with Gasteiger partial charge in [0, 0.05) is 4.47 Å². The summed E-state index contributed by atoms with van der Waals surface area (Å²) in [6.45, 7) is 0. The van der Waals surface area contributed by atoms with Crippen LogP contribution >= 0.6 is 15.9 Å². The third kappa shape index (κ3) is 6.64. The van der Waals surface area contributed by atoms with Gasteiger partial charge < -0.3 is 15.2 Å². The number of halogens is 4. The molecule has 0 aliphatic heterocycles. The molecule has 2 N–H and O–H groups in total. The average Bonchev–Trinajstić information content (AvgIpc) is 3.13. The van der Waals surface area contributed by atoms with Crippen LogP contribution in [0.5, 0.6) is 0 Å². The van der Waals surface area contributed by atoms with Crippen molar-refractivity contribution in [1.82, 2.24) is 5.32 Å². The standard InChI is InChI=1S/C17H20BrF3O3S.C5H6N2O2/c18-11-5-8-16(15(9-11)17(19,20)21)25(22,23)14-7-6-13(10-14)24-12-3-1-2-4-12;6-3-5(1-2-5)7-4(8)9/h5,8-9,12-14H,1-4,6-7,10H2;7H,1-2H2,(H,8,9)/t13-,14-;/m0./s1. The minimum atomic E-state index is -4.72. The third-order valence-corrected chi connectivity index (χ3v) is 9.09. The van der Waals surface area contributed by atoms with Crippen LogP contribution in [0, 0.1) is 11.3 Å². The molecule has 12 heteroatoms. The fourth-order valence-corrected chi connectivity index (χ4v) is 6.72. The molecule has 0 heterocycles. The van der Waals surface area contributed by atoms with E-state index in [4.69, 9.17) is 15.1 Å². The molecule has 1 aromatic rings. The summed E-state index contributed by atoms with van der Waals surface area (Å²) in [6, 6.07) is 5.11. The first-order chi connectivity index (χ1) is 15.9. The smallest absolute Gasteiger partial charge is 0.417 e. The highest BCUT2D eigenvalue weighted by Crippen LogP contribution is 2.40. The Bertz CT molecular complexity index is 1050. The Morgan fingerprint density at radius 2 is 1.82 bits per heavy atom. The number of rotatable bonds is 5. The third-order valence-electron chi connectivity index (χ3n) is 6.33. The molecule has 0 bridgehead atoms. The van der Waals surface area contributed by atoms with E-state index in [1.54, 1.807) is 0 Å². The Labute approximate surface area is 204 Å². The van der Waals surface area contributed by atoms with Gasteiger partial charge in [-0.2, -0.15) is 18.4 Å². The zero-order valence-electron chi connectivity index (χ0n) is 18.3. The van der Waals surface area contributed by atoms with E-state index >= 15 is 0 Å². The summed E-state index contributed by atoms with van der Waals surface area (Å²) >= 11 is 2.98. The first-order valence-electron chi connectivity index (χ1n) is 11.0. The molecule has 2 atom stereocenters. The van der Waals surface area contributed by atoms with Crippen molar-refractivity contribution in [3.05, 3.63) is 28.2 Å². The van der Waals surface area contributed by atoms with E-state index in [0.717, 1.165) is 37.8 Å². The van der Waals surface area contributed by atoms with Crippen molar-refractivity contribution in [3.63, 3.8) is 0 Å². The lowest BCUT2D eigenvalue weighted by molar-refractivity contribution is -0.139. The van der Waals surface area contributed by atoms with Crippen LogP contribution in [-0.2, 0) is 20.8 Å². The number of amides is 1. The Hall–Kier alpha value is -1.84. The van der Waals surface area contributed by atoms with Crippen LogP contribution in [0.3, 0.4) is 0 Å². The summed E-state index contributed by atoms with van der Waals surface area (Å²) in [5.74, 6) is 0. The summed E-state index contributed by atoms with van der Waals surface area (Å²) < 4.78 is 71.7. The maximum absolute atomic E-state index is 13.3. The number of alkyl halides is 3. The molecule has 0 aromatic heterocycles. The van der Waals surface area contributed by atoms with Gasteiger partial charge in [-0.15, -0.1) is 0 Å². The number of nitriles is 1. The molecule has 3 fully saturated rings. The Morgan fingerprint density at radius 3 is 2.32 bits per heavy atom. The lowest BCUT2D eigenvalue weighted by Crippen LogP contribution is -2.33. The van der Waals surface area contributed by atoms with Crippen molar-refractivity contribution in [1.29, 1.82) is 5.26 Å². The number of nitrogens with zero attached hydrogens (tertiary/aromatic N) is 1. The first kappa shape index (κ1) is 26.8. The zero-order valence-corrected chi connectivity index (χ0v) is 20.7. The number of carbonyl (C=O) groups is 1. The second-order valence-electron chi connectivity index (χ2n) is 8.91. The van der Waals surface area contributed by atoms with E-state index in [0.29, 0.717) is 25.7 Å². The van der Waals surface area contributed by atoms with Gasteiger partial charge in [0.25, 0.3) is 0 Å². The molecule has 0 spiro atoms. The van der Waals surface area contributed by atoms with E-state index in [1.165, 1.54) is 6.07 Å². The molecule has 0 radical (unpaired) electrons. The number of hydrogen-bond donors (Lipinski definition) is 2. The average molecular weight is 567 g/mol. The summed E-state index contributed by atoms with van der Waals surface area (Å²) in [4.78, 5) is 9.32. The molecule has 3 aliphatic rings. The monoisotopic (exact) mass is 566 g/mol. The van der Waals surface area contributed by atoms with E-state index in [9.17, 15) is 26.4 Å². The Balaban J connectivity index is 0.000000302. The molecule has 4 rings (SSSR count). The van der Waals surface area contributed by atoms with Gasteiger partial charge in [-0.3, -0.25) is 0 Å². The molecular formula is C22H26BrF3N2O5S. The van der Waals surface area contributed by atoms with Gasteiger partial charge in [0.1, 0.15) is 5.54 Å². The number of nitrogens with one attached hydrogen (secondary N) is 1. The van der Waals surface area contributed by atoms with Gasteiger partial charge in [-0.1, -0.05) is 28.8 Å². The highest BCUT2D eigenvalue weighted by molar-refractivity contribution is 9.10.